The molecule has 1 fully saturated rings. The van der Waals surface area contributed by atoms with Crippen molar-refractivity contribution in [3.05, 3.63) is 29.6 Å². The van der Waals surface area contributed by atoms with Crippen molar-refractivity contribution in [1.29, 1.82) is 0 Å². The first-order chi connectivity index (χ1) is 9.37. The van der Waals surface area contributed by atoms with E-state index in [9.17, 15) is 4.79 Å². The average Bonchev–Trinajstić information content (AvgIpc) is 2.38. The summed E-state index contributed by atoms with van der Waals surface area (Å²) in [4.78, 5) is 18.5. The van der Waals surface area contributed by atoms with Crippen LogP contribution < -0.4 is 0 Å². The van der Waals surface area contributed by atoms with Crippen molar-refractivity contribution < 1.29 is 9.53 Å². The van der Waals surface area contributed by atoms with E-state index in [2.05, 4.69) is 11.1 Å². The van der Waals surface area contributed by atoms with Crippen LogP contribution in [0.15, 0.2) is 18.3 Å². The Bertz CT molecular complexity index is 462. The molecule has 0 bridgehead atoms. The average molecular weight is 276 g/mol. The molecule has 0 saturated carbocycles. The Labute approximate surface area is 121 Å². The molecule has 0 aromatic carbocycles. The van der Waals surface area contributed by atoms with E-state index in [0.717, 1.165) is 37.1 Å². The maximum atomic E-state index is 12.3. The zero-order chi connectivity index (χ0) is 14.8. The predicted molar refractivity (Wildman–Crippen MR) is 78.5 cm³/mol. The third-order valence-corrected chi connectivity index (χ3v) is 3.45. The minimum atomic E-state index is -0.454. The molecule has 1 amide bonds. The van der Waals surface area contributed by atoms with Crippen molar-refractivity contribution in [2.45, 2.75) is 58.6 Å². The van der Waals surface area contributed by atoms with E-state index < -0.39 is 5.60 Å². The van der Waals surface area contributed by atoms with Gasteiger partial charge in [0.05, 0.1) is 6.04 Å². The first-order valence-corrected chi connectivity index (χ1v) is 7.29. The van der Waals surface area contributed by atoms with Gasteiger partial charge in [-0.25, -0.2) is 4.79 Å². The van der Waals surface area contributed by atoms with Crippen molar-refractivity contribution in [3.8, 4) is 0 Å². The molecule has 0 radical (unpaired) electrons. The quantitative estimate of drug-likeness (QED) is 0.782. The van der Waals surface area contributed by atoms with Gasteiger partial charge in [0.2, 0.25) is 0 Å². The van der Waals surface area contributed by atoms with Gasteiger partial charge in [-0.05, 0) is 58.6 Å². The van der Waals surface area contributed by atoms with Gasteiger partial charge in [-0.2, -0.15) is 0 Å². The van der Waals surface area contributed by atoms with Gasteiger partial charge in [0.15, 0.2) is 0 Å². The van der Waals surface area contributed by atoms with Gasteiger partial charge in [-0.3, -0.25) is 4.98 Å². The van der Waals surface area contributed by atoms with Gasteiger partial charge in [-0.1, -0.05) is 6.07 Å². The lowest BCUT2D eigenvalue weighted by molar-refractivity contribution is 0.00948. The number of likely N-dealkylation sites (tertiary alicyclic amines) is 1. The molecule has 20 heavy (non-hydrogen) atoms. The van der Waals surface area contributed by atoms with E-state index in [1.54, 1.807) is 0 Å². The summed E-state index contributed by atoms with van der Waals surface area (Å²) >= 11 is 0. The van der Waals surface area contributed by atoms with Crippen molar-refractivity contribution in [2.75, 3.05) is 6.54 Å². The maximum absolute atomic E-state index is 12.3. The standard InChI is InChI=1S/C16H24N2O2/c1-12-8-9-13(11-17-12)14-7-5-6-10-18(14)15(19)20-16(2,3)4/h8-9,11,14H,5-7,10H2,1-4H3/t14-/m1/s1. The first-order valence-electron chi connectivity index (χ1n) is 7.29. The van der Waals surface area contributed by atoms with E-state index in [1.807, 2.05) is 44.9 Å². The Morgan fingerprint density at radius 3 is 2.70 bits per heavy atom. The van der Waals surface area contributed by atoms with Gasteiger partial charge in [0, 0.05) is 18.4 Å². The lowest BCUT2D eigenvalue weighted by Gasteiger charge is -2.36. The molecule has 0 aliphatic carbocycles. The summed E-state index contributed by atoms with van der Waals surface area (Å²) in [6, 6.07) is 4.15. The number of carbonyl (C=O) groups is 1. The van der Waals surface area contributed by atoms with Crippen LogP contribution in [0.4, 0.5) is 4.79 Å². The third-order valence-electron chi connectivity index (χ3n) is 3.45. The van der Waals surface area contributed by atoms with E-state index in [4.69, 9.17) is 4.74 Å². The Kier molecular flexibility index (Phi) is 4.31. The van der Waals surface area contributed by atoms with Gasteiger partial charge in [0.1, 0.15) is 5.60 Å². The number of piperidine rings is 1. The summed E-state index contributed by atoms with van der Waals surface area (Å²) in [5.74, 6) is 0. The lowest BCUT2D eigenvalue weighted by Crippen LogP contribution is -2.41. The van der Waals surface area contributed by atoms with Crippen LogP contribution >= 0.6 is 0 Å². The number of aryl methyl sites for hydroxylation is 1. The molecule has 1 saturated heterocycles. The number of hydrogen-bond donors (Lipinski definition) is 0. The summed E-state index contributed by atoms with van der Waals surface area (Å²) in [5, 5.41) is 0. The summed E-state index contributed by atoms with van der Waals surface area (Å²) < 4.78 is 5.52. The van der Waals surface area contributed by atoms with Crippen molar-refractivity contribution in [2.24, 2.45) is 0 Å². The predicted octanol–water partition coefficient (Wildman–Crippen LogP) is 3.85. The van der Waals surface area contributed by atoms with Crippen molar-refractivity contribution >= 4 is 6.09 Å². The van der Waals surface area contributed by atoms with Crippen LogP contribution in [0, 0.1) is 6.92 Å². The highest BCUT2D eigenvalue weighted by Crippen LogP contribution is 2.31. The Hall–Kier alpha value is -1.58. The summed E-state index contributed by atoms with van der Waals surface area (Å²) in [6.45, 7) is 8.43. The van der Waals surface area contributed by atoms with Crippen LogP contribution in [0.25, 0.3) is 0 Å². The third kappa shape index (κ3) is 3.71. The zero-order valence-electron chi connectivity index (χ0n) is 12.8. The zero-order valence-corrected chi connectivity index (χ0v) is 12.8. The molecule has 1 atom stereocenters. The van der Waals surface area contributed by atoms with Crippen molar-refractivity contribution in [3.63, 3.8) is 0 Å². The molecule has 2 rings (SSSR count). The fourth-order valence-corrected chi connectivity index (χ4v) is 2.49. The molecule has 0 spiro atoms. The first kappa shape index (κ1) is 14.8. The second-order valence-corrected chi connectivity index (χ2v) is 6.42. The molecule has 1 aliphatic heterocycles. The minimum absolute atomic E-state index is 0.0895. The molecule has 1 aromatic heterocycles. The largest absolute Gasteiger partial charge is 0.444 e. The Balaban J connectivity index is 2.16. The van der Waals surface area contributed by atoms with Crippen LogP contribution in [-0.4, -0.2) is 28.1 Å². The number of carbonyl (C=O) groups excluding carboxylic acids is 1. The van der Waals surface area contributed by atoms with Crippen LogP contribution in [0.5, 0.6) is 0 Å². The van der Waals surface area contributed by atoms with E-state index >= 15 is 0 Å². The van der Waals surface area contributed by atoms with E-state index in [0.29, 0.717) is 0 Å². The van der Waals surface area contributed by atoms with Crippen LogP contribution in [0.3, 0.4) is 0 Å². The number of pyridine rings is 1. The fraction of sp³-hybridized carbons (Fsp3) is 0.625. The Morgan fingerprint density at radius 2 is 2.10 bits per heavy atom. The van der Waals surface area contributed by atoms with Crippen LogP contribution in [0.2, 0.25) is 0 Å². The van der Waals surface area contributed by atoms with E-state index in [-0.39, 0.29) is 12.1 Å². The summed E-state index contributed by atoms with van der Waals surface area (Å²) in [5.41, 5.74) is 1.64. The highest BCUT2D eigenvalue weighted by atomic mass is 16.6. The number of amides is 1. The van der Waals surface area contributed by atoms with Gasteiger partial charge >= 0.3 is 6.09 Å². The minimum Gasteiger partial charge on any atom is -0.444 e. The molecule has 1 aliphatic rings. The smallest absolute Gasteiger partial charge is 0.410 e. The number of hydrogen-bond acceptors (Lipinski definition) is 3. The van der Waals surface area contributed by atoms with Crippen molar-refractivity contribution in [1.82, 2.24) is 9.88 Å². The second kappa shape index (κ2) is 5.81. The number of rotatable bonds is 1. The molecule has 110 valence electrons. The van der Waals surface area contributed by atoms with E-state index in [1.165, 1.54) is 0 Å². The van der Waals surface area contributed by atoms with Crippen LogP contribution in [0.1, 0.15) is 57.3 Å². The topological polar surface area (TPSA) is 42.4 Å². The Morgan fingerprint density at radius 1 is 1.35 bits per heavy atom. The van der Waals surface area contributed by atoms with Gasteiger partial charge in [0.25, 0.3) is 0 Å². The highest BCUT2D eigenvalue weighted by Gasteiger charge is 2.31. The normalized spacial score (nSPS) is 19.8. The summed E-state index contributed by atoms with van der Waals surface area (Å²) in [7, 11) is 0. The molecule has 4 nitrogen and oxygen atoms in total. The number of ether oxygens (including phenoxy) is 1. The molecular weight excluding hydrogens is 252 g/mol. The lowest BCUT2D eigenvalue weighted by atomic mass is 9.97. The molecular formula is C16H24N2O2. The fourth-order valence-electron chi connectivity index (χ4n) is 2.49. The molecule has 2 heterocycles. The van der Waals surface area contributed by atoms with Gasteiger partial charge in [-0.15, -0.1) is 0 Å². The van der Waals surface area contributed by atoms with Crippen LogP contribution in [-0.2, 0) is 4.74 Å². The number of aromatic nitrogens is 1. The molecule has 0 unspecified atom stereocenters. The summed E-state index contributed by atoms with van der Waals surface area (Å²) in [6.07, 6.45) is 4.81. The second-order valence-electron chi connectivity index (χ2n) is 6.42. The SMILES string of the molecule is Cc1ccc([C@H]2CCCCN2C(=O)OC(C)(C)C)cn1. The maximum Gasteiger partial charge on any atom is 0.410 e. The highest BCUT2D eigenvalue weighted by molar-refractivity contribution is 5.69. The van der Waals surface area contributed by atoms with Gasteiger partial charge < -0.3 is 9.64 Å². The molecule has 4 heteroatoms. The molecule has 1 aromatic rings. The molecule has 0 N–H and O–H groups in total. The monoisotopic (exact) mass is 276 g/mol. The number of nitrogens with zero attached hydrogens (tertiary/aromatic N) is 2.